The molecule has 2 aromatic rings. The molecule has 0 spiro atoms. The quantitative estimate of drug-likeness (QED) is 0.797. The standard InChI is InChI=1S/C14H14N2O3S2/c15-14(17)10-20-12-8-6-11(7-9-12)16-21(18,19)13-4-2-1-3-5-13/h1-9,16H,10H2,(H2,15,17). The normalized spacial score (nSPS) is 11.0. The number of hydrogen-bond acceptors (Lipinski definition) is 4. The van der Waals surface area contributed by atoms with Crippen molar-refractivity contribution >= 4 is 33.4 Å². The Hall–Kier alpha value is -1.99. The van der Waals surface area contributed by atoms with E-state index in [4.69, 9.17) is 5.73 Å². The van der Waals surface area contributed by atoms with Gasteiger partial charge in [-0.3, -0.25) is 9.52 Å². The molecule has 0 heterocycles. The van der Waals surface area contributed by atoms with Gasteiger partial charge in [-0.15, -0.1) is 11.8 Å². The monoisotopic (exact) mass is 322 g/mol. The summed E-state index contributed by atoms with van der Waals surface area (Å²) in [6.07, 6.45) is 0. The summed E-state index contributed by atoms with van der Waals surface area (Å²) < 4.78 is 26.7. The van der Waals surface area contributed by atoms with Crippen molar-refractivity contribution in [3.63, 3.8) is 0 Å². The molecule has 7 heteroatoms. The molecule has 110 valence electrons. The summed E-state index contributed by atoms with van der Waals surface area (Å²) in [5.41, 5.74) is 5.53. The summed E-state index contributed by atoms with van der Waals surface area (Å²) in [5.74, 6) is -0.205. The molecule has 5 nitrogen and oxygen atoms in total. The molecule has 0 atom stereocenters. The third-order valence-electron chi connectivity index (χ3n) is 2.54. The van der Waals surface area contributed by atoms with Crippen molar-refractivity contribution in [2.24, 2.45) is 5.73 Å². The molecule has 0 saturated heterocycles. The molecule has 0 fully saturated rings. The molecule has 0 radical (unpaired) electrons. The largest absolute Gasteiger partial charge is 0.369 e. The van der Waals surface area contributed by atoms with Crippen molar-refractivity contribution in [2.75, 3.05) is 10.5 Å². The van der Waals surface area contributed by atoms with Crippen LogP contribution in [0.5, 0.6) is 0 Å². The molecule has 0 aliphatic carbocycles. The second kappa shape index (κ2) is 6.64. The summed E-state index contributed by atoms with van der Waals surface area (Å²) in [5, 5.41) is 0. The Morgan fingerprint density at radius 1 is 1.05 bits per heavy atom. The third-order valence-corrected chi connectivity index (χ3v) is 4.97. The lowest BCUT2D eigenvalue weighted by Crippen LogP contribution is -2.13. The Bertz CT molecular complexity index is 714. The zero-order chi connectivity index (χ0) is 15.3. The zero-order valence-corrected chi connectivity index (χ0v) is 12.7. The number of hydrogen-bond donors (Lipinski definition) is 2. The maximum absolute atomic E-state index is 12.1. The van der Waals surface area contributed by atoms with Gasteiger partial charge >= 0.3 is 0 Å². The molecule has 0 unspecified atom stereocenters. The van der Waals surface area contributed by atoms with Crippen molar-refractivity contribution in [3.8, 4) is 0 Å². The van der Waals surface area contributed by atoms with Crippen molar-refractivity contribution in [2.45, 2.75) is 9.79 Å². The summed E-state index contributed by atoms with van der Waals surface area (Å²) in [4.78, 5) is 11.7. The van der Waals surface area contributed by atoms with Gasteiger partial charge in [-0.1, -0.05) is 18.2 Å². The molecule has 0 aliphatic heterocycles. The summed E-state index contributed by atoms with van der Waals surface area (Å²) in [6.45, 7) is 0. The zero-order valence-electron chi connectivity index (χ0n) is 11.0. The minimum atomic E-state index is -3.58. The number of anilines is 1. The number of rotatable bonds is 6. The first-order chi connectivity index (χ1) is 9.97. The molecule has 0 aliphatic rings. The lowest BCUT2D eigenvalue weighted by Gasteiger charge is -2.08. The number of nitrogens with one attached hydrogen (secondary N) is 1. The van der Waals surface area contributed by atoms with E-state index in [1.807, 2.05) is 0 Å². The fourth-order valence-electron chi connectivity index (χ4n) is 1.59. The summed E-state index contributed by atoms with van der Waals surface area (Å²) in [6, 6.07) is 14.9. The minimum Gasteiger partial charge on any atom is -0.369 e. The molecule has 2 rings (SSSR count). The highest BCUT2D eigenvalue weighted by Crippen LogP contribution is 2.21. The van der Waals surface area contributed by atoms with Crippen LogP contribution in [0.3, 0.4) is 0 Å². The van der Waals surface area contributed by atoms with Crippen molar-refractivity contribution in [1.82, 2.24) is 0 Å². The number of sulfonamides is 1. The lowest BCUT2D eigenvalue weighted by molar-refractivity contribution is -0.115. The van der Waals surface area contributed by atoms with E-state index in [1.54, 1.807) is 42.5 Å². The van der Waals surface area contributed by atoms with Gasteiger partial charge in [0.05, 0.1) is 10.6 Å². The van der Waals surface area contributed by atoms with Crippen LogP contribution in [0.15, 0.2) is 64.4 Å². The van der Waals surface area contributed by atoms with Crippen LogP contribution in [-0.2, 0) is 14.8 Å². The number of benzene rings is 2. The van der Waals surface area contributed by atoms with E-state index in [2.05, 4.69) is 4.72 Å². The smallest absolute Gasteiger partial charge is 0.261 e. The van der Waals surface area contributed by atoms with Crippen LogP contribution in [0.1, 0.15) is 0 Å². The number of carbonyl (C=O) groups is 1. The number of amides is 1. The van der Waals surface area contributed by atoms with Crippen LogP contribution in [0.4, 0.5) is 5.69 Å². The van der Waals surface area contributed by atoms with Gasteiger partial charge in [-0.2, -0.15) is 0 Å². The SMILES string of the molecule is NC(=O)CSc1ccc(NS(=O)(=O)c2ccccc2)cc1. The van der Waals surface area contributed by atoms with Crippen LogP contribution in [-0.4, -0.2) is 20.1 Å². The van der Waals surface area contributed by atoms with Gasteiger partial charge in [0.25, 0.3) is 10.0 Å². The first kappa shape index (κ1) is 15.4. The van der Waals surface area contributed by atoms with Crippen LogP contribution >= 0.6 is 11.8 Å². The maximum atomic E-state index is 12.1. The third kappa shape index (κ3) is 4.51. The van der Waals surface area contributed by atoms with E-state index >= 15 is 0 Å². The predicted molar refractivity (Wildman–Crippen MR) is 83.6 cm³/mol. The number of nitrogens with two attached hydrogens (primary N) is 1. The second-order valence-electron chi connectivity index (χ2n) is 4.20. The number of primary amides is 1. The van der Waals surface area contributed by atoms with Gasteiger partial charge in [0, 0.05) is 10.6 Å². The van der Waals surface area contributed by atoms with E-state index in [0.717, 1.165) is 4.90 Å². The fraction of sp³-hybridized carbons (Fsp3) is 0.0714. The van der Waals surface area contributed by atoms with Crippen LogP contribution in [0.25, 0.3) is 0 Å². The molecule has 0 aromatic heterocycles. The highest BCUT2D eigenvalue weighted by atomic mass is 32.2. The first-order valence-electron chi connectivity index (χ1n) is 6.06. The van der Waals surface area contributed by atoms with Crippen molar-refractivity contribution in [1.29, 1.82) is 0 Å². The van der Waals surface area contributed by atoms with Gasteiger partial charge in [0.15, 0.2) is 0 Å². The first-order valence-corrected chi connectivity index (χ1v) is 8.53. The van der Waals surface area contributed by atoms with Crippen molar-refractivity contribution in [3.05, 3.63) is 54.6 Å². The van der Waals surface area contributed by atoms with E-state index in [9.17, 15) is 13.2 Å². The molecular formula is C14H14N2O3S2. The molecule has 0 saturated carbocycles. The van der Waals surface area contributed by atoms with Gasteiger partial charge in [0.1, 0.15) is 0 Å². The van der Waals surface area contributed by atoms with E-state index in [0.29, 0.717) is 5.69 Å². The minimum absolute atomic E-state index is 0.190. The Kier molecular flexibility index (Phi) is 4.87. The molecule has 1 amide bonds. The Morgan fingerprint density at radius 3 is 2.24 bits per heavy atom. The van der Waals surface area contributed by atoms with Gasteiger partial charge < -0.3 is 5.73 Å². The Labute approximate surface area is 127 Å². The molecule has 0 bridgehead atoms. The highest BCUT2D eigenvalue weighted by Gasteiger charge is 2.13. The molecule has 2 aromatic carbocycles. The summed E-state index contributed by atoms with van der Waals surface area (Å²) >= 11 is 1.30. The fourth-order valence-corrected chi connectivity index (χ4v) is 3.30. The molecular weight excluding hydrogens is 308 g/mol. The van der Waals surface area contributed by atoms with Gasteiger partial charge in [-0.05, 0) is 36.4 Å². The van der Waals surface area contributed by atoms with Crippen LogP contribution in [0.2, 0.25) is 0 Å². The van der Waals surface area contributed by atoms with Crippen LogP contribution in [0, 0.1) is 0 Å². The lowest BCUT2D eigenvalue weighted by atomic mass is 10.3. The Morgan fingerprint density at radius 2 is 1.67 bits per heavy atom. The van der Waals surface area contributed by atoms with E-state index in [-0.39, 0.29) is 10.6 Å². The van der Waals surface area contributed by atoms with E-state index < -0.39 is 15.9 Å². The predicted octanol–water partition coefficient (Wildman–Crippen LogP) is 2.06. The van der Waals surface area contributed by atoms with Crippen molar-refractivity contribution < 1.29 is 13.2 Å². The number of carbonyl (C=O) groups excluding carboxylic acids is 1. The topological polar surface area (TPSA) is 89.3 Å². The number of thioether (sulfide) groups is 1. The van der Waals surface area contributed by atoms with E-state index in [1.165, 1.54) is 23.9 Å². The summed E-state index contributed by atoms with van der Waals surface area (Å²) in [7, 11) is -3.58. The van der Waals surface area contributed by atoms with Crippen LogP contribution < -0.4 is 10.5 Å². The molecule has 3 N–H and O–H groups in total. The average Bonchev–Trinajstić information content (AvgIpc) is 2.47. The maximum Gasteiger partial charge on any atom is 0.261 e. The average molecular weight is 322 g/mol. The second-order valence-corrected chi connectivity index (χ2v) is 6.93. The van der Waals surface area contributed by atoms with Gasteiger partial charge in [0.2, 0.25) is 5.91 Å². The Balaban J connectivity index is 2.08. The van der Waals surface area contributed by atoms with Gasteiger partial charge in [-0.25, -0.2) is 8.42 Å². The highest BCUT2D eigenvalue weighted by molar-refractivity contribution is 8.00. The molecule has 21 heavy (non-hydrogen) atoms.